The minimum Gasteiger partial charge on any atom is -0.376 e. The largest absolute Gasteiger partial charge is 0.376 e. The van der Waals surface area contributed by atoms with E-state index in [2.05, 4.69) is 60.6 Å². The normalized spacial score (nSPS) is 21.1. The molecule has 1 atom stereocenters. The lowest BCUT2D eigenvalue weighted by Gasteiger charge is -2.35. The average Bonchev–Trinajstić information content (AvgIpc) is 3.22. The van der Waals surface area contributed by atoms with Crippen molar-refractivity contribution in [2.24, 2.45) is 0 Å². The fraction of sp³-hybridized carbons (Fsp3) is 0.526. The number of anilines is 2. The van der Waals surface area contributed by atoms with Gasteiger partial charge in [-0.2, -0.15) is 10.1 Å². The van der Waals surface area contributed by atoms with E-state index >= 15 is 0 Å². The lowest BCUT2D eigenvalue weighted by Crippen LogP contribution is -2.46. The first-order chi connectivity index (χ1) is 12.9. The third-order valence-corrected chi connectivity index (χ3v) is 5.00. The smallest absolute Gasteiger partial charge is 0.244 e. The summed E-state index contributed by atoms with van der Waals surface area (Å²) in [4.78, 5) is 9.40. The highest BCUT2D eigenvalue weighted by atomic mass is 16.5. The number of hydrogen-bond donors (Lipinski definition) is 1. The van der Waals surface area contributed by atoms with E-state index in [0.29, 0.717) is 5.95 Å². The molecule has 7 nitrogen and oxygen atoms in total. The van der Waals surface area contributed by atoms with Crippen LogP contribution < -0.4 is 10.2 Å². The van der Waals surface area contributed by atoms with Crippen molar-refractivity contribution in [3.8, 4) is 0 Å². The molecule has 26 heavy (non-hydrogen) atoms. The van der Waals surface area contributed by atoms with Gasteiger partial charge in [0.1, 0.15) is 0 Å². The van der Waals surface area contributed by atoms with Gasteiger partial charge in [-0.05, 0) is 18.4 Å². The Hall–Kier alpha value is -2.25. The molecular weight excluding hydrogens is 328 g/mol. The summed E-state index contributed by atoms with van der Waals surface area (Å²) < 4.78 is 5.63. The fourth-order valence-corrected chi connectivity index (χ4v) is 3.51. The molecule has 0 aliphatic carbocycles. The summed E-state index contributed by atoms with van der Waals surface area (Å²) in [6, 6.07) is 10.6. The van der Waals surface area contributed by atoms with Crippen molar-refractivity contribution in [2.45, 2.75) is 25.5 Å². The van der Waals surface area contributed by atoms with Crippen LogP contribution in [0.2, 0.25) is 0 Å². The van der Waals surface area contributed by atoms with Crippen molar-refractivity contribution in [1.29, 1.82) is 0 Å². The van der Waals surface area contributed by atoms with E-state index in [9.17, 15) is 0 Å². The molecule has 2 saturated heterocycles. The topological polar surface area (TPSA) is 66.4 Å². The lowest BCUT2D eigenvalue weighted by molar-refractivity contribution is 0.120. The molecule has 2 aliphatic rings. The second kappa shape index (κ2) is 8.42. The van der Waals surface area contributed by atoms with Gasteiger partial charge in [0.25, 0.3) is 0 Å². The quantitative estimate of drug-likeness (QED) is 0.848. The molecule has 2 aromatic rings. The molecule has 7 heteroatoms. The van der Waals surface area contributed by atoms with Crippen LogP contribution in [-0.2, 0) is 11.3 Å². The summed E-state index contributed by atoms with van der Waals surface area (Å²) in [7, 11) is 0. The summed E-state index contributed by atoms with van der Waals surface area (Å²) in [6.45, 7) is 6.57. The summed E-state index contributed by atoms with van der Waals surface area (Å²) in [6.07, 6.45) is 4.26. The van der Waals surface area contributed by atoms with E-state index in [-0.39, 0.29) is 6.10 Å². The van der Waals surface area contributed by atoms with Gasteiger partial charge in [-0.1, -0.05) is 30.3 Å². The average molecular weight is 354 g/mol. The second-order valence-corrected chi connectivity index (χ2v) is 6.90. The van der Waals surface area contributed by atoms with Crippen molar-refractivity contribution in [2.75, 3.05) is 49.5 Å². The molecule has 2 fully saturated rings. The summed E-state index contributed by atoms with van der Waals surface area (Å²) >= 11 is 0. The van der Waals surface area contributed by atoms with Crippen LogP contribution in [0.15, 0.2) is 36.5 Å². The maximum atomic E-state index is 5.63. The molecule has 0 spiro atoms. The van der Waals surface area contributed by atoms with E-state index in [1.54, 1.807) is 6.20 Å². The molecular formula is C19H26N6O. The van der Waals surface area contributed by atoms with E-state index < -0.39 is 0 Å². The Kier molecular flexibility index (Phi) is 5.56. The van der Waals surface area contributed by atoms with E-state index in [4.69, 9.17) is 4.74 Å². The van der Waals surface area contributed by atoms with Crippen LogP contribution in [0.4, 0.5) is 11.8 Å². The number of piperazine rings is 1. The Balaban J connectivity index is 1.29. The lowest BCUT2D eigenvalue weighted by atomic mass is 10.2. The third-order valence-electron chi connectivity index (χ3n) is 5.00. The van der Waals surface area contributed by atoms with Gasteiger partial charge in [-0.3, -0.25) is 4.90 Å². The molecule has 1 N–H and O–H groups in total. The Morgan fingerprint density at radius 3 is 2.73 bits per heavy atom. The van der Waals surface area contributed by atoms with Crippen molar-refractivity contribution in [1.82, 2.24) is 20.1 Å². The summed E-state index contributed by atoms with van der Waals surface area (Å²) in [5, 5.41) is 11.5. The van der Waals surface area contributed by atoms with Crippen LogP contribution in [0.25, 0.3) is 0 Å². The Bertz CT molecular complexity index is 683. The highest BCUT2D eigenvalue weighted by Crippen LogP contribution is 2.16. The first kappa shape index (κ1) is 17.2. The van der Waals surface area contributed by atoms with E-state index in [1.165, 1.54) is 5.56 Å². The molecule has 1 aromatic heterocycles. The molecule has 1 aromatic carbocycles. The van der Waals surface area contributed by atoms with Crippen LogP contribution in [0.3, 0.4) is 0 Å². The number of ether oxygens (including phenoxy) is 1. The van der Waals surface area contributed by atoms with Gasteiger partial charge < -0.3 is 15.0 Å². The number of benzene rings is 1. The van der Waals surface area contributed by atoms with Gasteiger partial charge in [0.2, 0.25) is 5.95 Å². The highest BCUT2D eigenvalue weighted by Gasteiger charge is 2.20. The zero-order valence-corrected chi connectivity index (χ0v) is 15.0. The maximum absolute atomic E-state index is 5.63. The summed E-state index contributed by atoms with van der Waals surface area (Å²) in [5.74, 6) is 1.49. The van der Waals surface area contributed by atoms with Crippen LogP contribution in [-0.4, -0.2) is 65.5 Å². The van der Waals surface area contributed by atoms with Crippen LogP contribution in [0.1, 0.15) is 18.4 Å². The van der Waals surface area contributed by atoms with Crippen LogP contribution in [0.5, 0.6) is 0 Å². The minimum absolute atomic E-state index is 0.267. The Morgan fingerprint density at radius 1 is 1.12 bits per heavy atom. The highest BCUT2D eigenvalue weighted by molar-refractivity contribution is 5.40. The van der Waals surface area contributed by atoms with Crippen molar-refractivity contribution >= 4 is 11.8 Å². The van der Waals surface area contributed by atoms with E-state index in [0.717, 1.165) is 64.5 Å². The van der Waals surface area contributed by atoms with Gasteiger partial charge in [0, 0.05) is 45.9 Å². The standard InChI is InChI=1S/C19H26N6O/c1-2-5-16(6-3-1)15-24-8-10-25(11-9-24)18-14-21-23-19(22-18)20-13-17-7-4-12-26-17/h1-3,5-6,14,17H,4,7-13,15H2,(H,20,22,23). The third kappa shape index (κ3) is 4.47. The number of hydrogen-bond acceptors (Lipinski definition) is 7. The predicted molar refractivity (Wildman–Crippen MR) is 101 cm³/mol. The molecule has 1 unspecified atom stereocenters. The summed E-state index contributed by atoms with van der Waals surface area (Å²) in [5.41, 5.74) is 1.37. The molecule has 4 rings (SSSR count). The van der Waals surface area contributed by atoms with Gasteiger partial charge in [-0.15, -0.1) is 5.10 Å². The molecule has 0 amide bonds. The molecule has 0 bridgehead atoms. The first-order valence-corrected chi connectivity index (χ1v) is 9.43. The molecule has 0 saturated carbocycles. The zero-order chi connectivity index (χ0) is 17.6. The first-order valence-electron chi connectivity index (χ1n) is 9.43. The SMILES string of the molecule is c1ccc(CN2CCN(c3cnnc(NCC4CCCO4)n3)CC2)cc1. The van der Waals surface area contributed by atoms with Crippen LogP contribution in [0, 0.1) is 0 Å². The van der Waals surface area contributed by atoms with Gasteiger partial charge in [0.15, 0.2) is 5.82 Å². The van der Waals surface area contributed by atoms with Gasteiger partial charge >= 0.3 is 0 Å². The monoisotopic (exact) mass is 354 g/mol. The number of nitrogens with zero attached hydrogens (tertiary/aromatic N) is 5. The molecule has 3 heterocycles. The van der Waals surface area contributed by atoms with Crippen molar-refractivity contribution in [3.63, 3.8) is 0 Å². The van der Waals surface area contributed by atoms with Crippen molar-refractivity contribution in [3.05, 3.63) is 42.1 Å². The minimum atomic E-state index is 0.267. The Morgan fingerprint density at radius 2 is 1.96 bits per heavy atom. The van der Waals surface area contributed by atoms with Gasteiger partial charge in [0.05, 0.1) is 12.3 Å². The maximum Gasteiger partial charge on any atom is 0.244 e. The van der Waals surface area contributed by atoms with Crippen LogP contribution >= 0.6 is 0 Å². The zero-order valence-electron chi connectivity index (χ0n) is 15.0. The predicted octanol–water partition coefficient (Wildman–Crippen LogP) is 1.78. The number of aromatic nitrogens is 3. The number of nitrogens with one attached hydrogen (secondary N) is 1. The second-order valence-electron chi connectivity index (χ2n) is 6.90. The molecule has 138 valence electrons. The van der Waals surface area contributed by atoms with E-state index in [1.807, 2.05) is 0 Å². The molecule has 2 aliphatic heterocycles. The Labute approximate surface area is 154 Å². The number of rotatable bonds is 6. The van der Waals surface area contributed by atoms with Crippen molar-refractivity contribution < 1.29 is 4.74 Å². The fourth-order valence-electron chi connectivity index (χ4n) is 3.51. The molecule has 0 radical (unpaired) electrons. The van der Waals surface area contributed by atoms with Gasteiger partial charge in [-0.25, -0.2) is 0 Å².